The topological polar surface area (TPSA) is 109 Å². The van der Waals surface area contributed by atoms with Crippen molar-refractivity contribution in [3.05, 3.63) is 63.3 Å². The molecule has 1 aliphatic heterocycles. The fraction of sp³-hybridized carbons (Fsp3) is 0.250. The van der Waals surface area contributed by atoms with E-state index in [9.17, 15) is 9.59 Å². The molecule has 10 heteroatoms. The van der Waals surface area contributed by atoms with Gasteiger partial charge in [0, 0.05) is 42.5 Å². The predicted molar refractivity (Wildman–Crippen MR) is 132 cm³/mol. The Kier molecular flexibility index (Phi) is 6.50. The van der Waals surface area contributed by atoms with E-state index in [1.807, 2.05) is 29.6 Å². The van der Waals surface area contributed by atoms with Crippen LogP contribution in [0.5, 0.6) is 0 Å². The summed E-state index contributed by atoms with van der Waals surface area (Å²) in [6.45, 7) is 3.91. The van der Waals surface area contributed by atoms with Crippen molar-refractivity contribution in [3.63, 3.8) is 0 Å². The minimum absolute atomic E-state index is 0.214. The minimum atomic E-state index is -0.214. The van der Waals surface area contributed by atoms with E-state index in [2.05, 4.69) is 32.3 Å². The summed E-state index contributed by atoms with van der Waals surface area (Å²) in [4.78, 5) is 37.4. The number of rotatable bonds is 8. The fourth-order valence-corrected chi connectivity index (χ4v) is 4.66. The van der Waals surface area contributed by atoms with Crippen molar-refractivity contribution in [1.29, 1.82) is 0 Å². The van der Waals surface area contributed by atoms with Gasteiger partial charge in [0.05, 0.1) is 41.6 Å². The van der Waals surface area contributed by atoms with Gasteiger partial charge in [0.25, 0.3) is 12.0 Å². The van der Waals surface area contributed by atoms with Crippen molar-refractivity contribution in [3.8, 4) is 11.4 Å². The molecule has 0 saturated carbocycles. The smallest absolute Gasteiger partial charge is 0.293 e. The zero-order valence-corrected chi connectivity index (χ0v) is 19.1. The van der Waals surface area contributed by atoms with E-state index >= 15 is 0 Å². The van der Waals surface area contributed by atoms with Gasteiger partial charge in [0.15, 0.2) is 0 Å². The first-order valence-electron chi connectivity index (χ1n) is 10.9. The monoisotopic (exact) mass is 477 g/mol. The third-order valence-corrected chi connectivity index (χ3v) is 6.49. The van der Waals surface area contributed by atoms with Crippen molar-refractivity contribution in [2.45, 2.75) is 6.42 Å². The van der Waals surface area contributed by atoms with Gasteiger partial charge in [-0.05, 0) is 41.8 Å². The number of fused-ring (bicyclic) bond motifs is 1. The quantitative estimate of drug-likeness (QED) is 0.294. The van der Waals surface area contributed by atoms with E-state index in [1.165, 1.54) is 11.3 Å². The third-order valence-electron chi connectivity index (χ3n) is 5.58. The number of hydrogen-bond donors (Lipinski definition) is 2. The van der Waals surface area contributed by atoms with Crippen molar-refractivity contribution < 1.29 is 14.3 Å². The lowest BCUT2D eigenvalue weighted by Crippen LogP contribution is -2.36. The average Bonchev–Trinajstić information content (AvgIpc) is 3.34. The van der Waals surface area contributed by atoms with Crippen LogP contribution in [-0.4, -0.2) is 54.3 Å². The molecule has 0 spiro atoms. The second-order valence-corrected chi connectivity index (χ2v) is 8.68. The van der Waals surface area contributed by atoms with Crippen molar-refractivity contribution in [2.75, 3.05) is 43.1 Å². The molecule has 2 N–H and O–H groups in total. The van der Waals surface area contributed by atoms with Crippen LogP contribution in [0.2, 0.25) is 0 Å². The lowest BCUT2D eigenvalue weighted by molar-refractivity contribution is -0.128. The molecule has 5 rings (SSSR count). The molecule has 4 aromatic rings. The van der Waals surface area contributed by atoms with E-state index in [0.29, 0.717) is 35.5 Å². The maximum Gasteiger partial charge on any atom is 0.293 e. The van der Waals surface area contributed by atoms with Crippen LogP contribution in [0.3, 0.4) is 0 Å². The highest BCUT2D eigenvalue weighted by molar-refractivity contribution is 7.09. The molecule has 34 heavy (non-hydrogen) atoms. The van der Waals surface area contributed by atoms with Crippen molar-refractivity contribution in [2.24, 2.45) is 0 Å². The van der Waals surface area contributed by atoms with Crippen LogP contribution in [-0.2, 0) is 20.7 Å². The zero-order valence-electron chi connectivity index (χ0n) is 18.3. The van der Waals surface area contributed by atoms with Gasteiger partial charge in [-0.3, -0.25) is 9.59 Å². The highest BCUT2D eigenvalue weighted by Crippen LogP contribution is 2.29. The van der Waals surface area contributed by atoms with Gasteiger partial charge in [0.2, 0.25) is 0 Å². The molecule has 0 bridgehead atoms. The summed E-state index contributed by atoms with van der Waals surface area (Å²) in [5.41, 5.74) is 3.11. The molecule has 0 radical (unpaired) electrons. The Morgan fingerprint density at radius 1 is 1.15 bits per heavy atom. The number of nitrogens with zero attached hydrogens (tertiary/aromatic N) is 3. The first kappa shape index (κ1) is 22.1. The number of aromatic amines is 1. The van der Waals surface area contributed by atoms with E-state index in [4.69, 9.17) is 14.5 Å². The standard InChI is InChI=1S/C24H23N5O4S/c30-15-33-10-6-21-27-20(14-34-21)19-13-16-5-7-25-24(31)22(16)23(28-19)26-17-1-3-18(4-2-17)29-8-11-32-12-9-29/h1-5,7,13-15H,6,8-12H2,(H,25,31)(H,26,28). The number of hydrogen-bond acceptors (Lipinski definition) is 9. The number of anilines is 3. The van der Waals surface area contributed by atoms with Crippen molar-refractivity contribution >= 4 is 45.8 Å². The van der Waals surface area contributed by atoms with Gasteiger partial charge in [-0.1, -0.05) is 0 Å². The number of pyridine rings is 2. The Hall–Kier alpha value is -3.76. The molecule has 0 unspecified atom stereocenters. The Labute approximate surface area is 199 Å². The molecule has 1 aromatic carbocycles. The highest BCUT2D eigenvalue weighted by atomic mass is 32.1. The summed E-state index contributed by atoms with van der Waals surface area (Å²) in [5.74, 6) is 0.465. The molecule has 1 aliphatic rings. The molecular weight excluding hydrogens is 454 g/mol. The number of ether oxygens (including phenoxy) is 2. The maximum absolute atomic E-state index is 12.6. The first-order valence-corrected chi connectivity index (χ1v) is 11.8. The first-order chi connectivity index (χ1) is 16.7. The van der Waals surface area contributed by atoms with Crippen LogP contribution in [0, 0.1) is 0 Å². The number of thiazole rings is 1. The van der Waals surface area contributed by atoms with Gasteiger partial charge in [-0.25, -0.2) is 9.97 Å². The summed E-state index contributed by atoms with van der Waals surface area (Å²) < 4.78 is 10.2. The molecular formula is C24H23N5O4S. The van der Waals surface area contributed by atoms with Crippen LogP contribution in [0.25, 0.3) is 22.2 Å². The Morgan fingerprint density at radius 2 is 1.97 bits per heavy atom. The van der Waals surface area contributed by atoms with Gasteiger partial charge < -0.3 is 24.7 Å². The molecule has 1 fully saturated rings. The minimum Gasteiger partial charge on any atom is -0.467 e. The molecule has 1 saturated heterocycles. The van der Waals surface area contributed by atoms with Crippen LogP contribution in [0.4, 0.5) is 17.2 Å². The van der Waals surface area contributed by atoms with Gasteiger partial charge in [0.1, 0.15) is 5.82 Å². The van der Waals surface area contributed by atoms with Gasteiger partial charge in [-0.15, -0.1) is 11.3 Å². The number of benzene rings is 1. The van der Waals surface area contributed by atoms with Crippen LogP contribution in [0.1, 0.15) is 5.01 Å². The van der Waals surface area contributed by atoms with E-state index in [1.54, 1.807) is 6.20 Å². The number of aromatic nitrogens is 3. The lowest BCUT2D eigenvalue weighted by Gasteiger charge is -2.28. The number of H-pyrrole nitrogens is 1. The normalized spacial score (nSPS) is 13.7. The molecule has 0 amide bonds. The number of carbonyl (C=O) groups is 1. The summed E-state index contributed by atoms with van der Waals surface area (Å²) in [6, 6.07) is 11.8. The number of carbonyl (C=O) groups excluding carboxylic acids is 1. The number of morpholine rings is 1. The van der Waals surface area contributed by atoms with Gasteiger partial charge in [-0.2, -0.15) is 0 Å². The van der Waals surface area contributed by atoms with E-state index in [0.717, 1.165) is 48.1 Å². The summed E-state index contributed by atoms with van der Waals surface area (Å²) in [7, 11) is 0. The van der Waals surface area contributed by atoms with Gasteiger partial charge >= 0.3 is 0 Å². The lowest BCUT2D eigenvalue weighted by atomic mass is 10.1. The second kappa shape index (κ2) is 10.0. The van der Waals surface area contributed by atoms with Crippen molar-refractivity contribution in [1.82, 2.24) is 15.0 Å². The Morgan fingerprint density at radius 3 is 2.76 bits per heavy atom. The summed E-state index contributed by atoms with van der Waals surface area (Å²) in [6.07, 6.45) is 2.16. The Balaban J connectivity index is 1.45. The molecule has 0 atom stereocenters. The SMILES string of the molecule is O=COCCc1nc(-c2cc3cc[nH]c(=O)c3c(Nc3ccc(N4CCOCC4)cc3)n2)cs1. The summed E-state index contributed by atoms with van der Waals surface area (Å²) >= 11 is 1.48. The second-order valence-electron chi connectivity index (χ2n) is 7.74. The van der Waals surface area contributed by atoms with Crippen LogP contribution < -0.4 is 15.8 Å². The van der Waals surface area contributed by atoms with Crippen LogP contribution in [0.15, 0.2) is 52.8 Å². The Bertz CT molecular complexity index is 1350. The average molecular weight is 478 g/mol. The molecule has 0 aliphatic carbocycles. The predicted octanol–water partition coefficient (Wildman–Crippen LogP) is 3.34. The van der Waals surface area contributed by atoms with E-state index in [-0.39, 0.29) is 12.2 Å². The highest BCUT2D eigenvalue weighted by Gasteiger charge is 2.15. The summed E-state index contributed by atoms with van der Waals surface area (Å²) in [5, 5.41) is 7.33. The number of nitrogens with one attached hydrogen (secondary N) is 2. The molecule has 4 heterocycles. The molecule has 3 aromatic heterocycles. The van der Waals surface area contributed by atoms with Crippen LogP contribution >= 0.6 is 11.3 Å². The molecule has 9 nitrogen and oxygen atoms in total. The largest absolute Gasteiger partial charge is 0.467 e. The maximum atomic E-state index is 12.6. The third kappa shape index (κ3) is 4.78. The molecule has 174 valence electrons. The van der Waals surface area contributed by atoms with E-state index < -0.39 is 0 Å². The fourth-order valence-electron chi connectivity index (χ4n) is 3.89. The zero-order chi connectivity index (χ0) is 23.3.